The third-order valence-corrected chi connectivity index (χ3v) is 4.48. The molecule has 1 fully saturated rings. The quantitative estimate of drug-likeness (QED) is 0.706. The summed E-state index contributed by atoms with van der Waals surface area (Å²) in [5.74, 6) is -0.343. The largest absolute Gasteiger partial charge is 0.480 e. The van der Waals surface area contributed by atoms with Crippen molar-refractivity contribution in [3.05, 3.63) is 0 Å². The normalized spacial score (nSPS) is 25.4. The van der Waals surface area contributed by atoms with Gasteiger partial charge in [-0.15, -0.1) is 0 Å². The fourth-order valence-electron chi connectivity index (χ4n) is 2.82. The first-order valence-electron chi connectivity index (χ1n) is 7.70. The Kier molecular flexibility index (Phi) is 6.95. The number of hydrogen-bond acceptors (Lipinski definition) is 3. The lowest BCUT2D eigenvalue weighted by Gasteiger charge is -2.38. The number of rotatable bonds is 7. The van der Waals surface area contributed by atoms with Crippen molar-refractivity contribution in [1.29, 1.82) is 0 Å². The molecule has 1 rings (SSSR count). The second kappa shape index (κ2) is 8.22. The van der Waals surface area contributed by atoms with E-state index in [-0.39, 0.29) is 6.03 Å². The maximum absolute atomic E-state index is 12.2. The summed E-state index contributed by atoms with van der Waals surface area (Å²) in [5, 5.41) is 12.3. The van der Waals surface area contributed by atoms with Crippen molar-refractivity contribution < 1.29 is 19.4 Å². The molecule has 6 heteroatoms. The number of methoxy groups -OCH3 is 1. The lowest BCUT2D eigenvalue weighted by Crippen LogP contribution is -2.59. The van der Waals surface area contributed by atoms with Gasteiger partial charge in [0.25, 0.3) is 0 Å². The molecule has 122 valence electrons. The molecule has 2 N–H and O–H groups in total. The van der Waals surface area contributed by atoms with Gasteiger partial charge in [0.2, 0.25) is 0 Å². The number of aliphatic carboxylic acids is 1. The molecule has 0 aliphatic heterocycles. The second-order valence-corrected chi connectivity index (χ2v) is 5.94. The van der Waals surface area contributed by atoms with Crippen LogP contribution in [0.1, 0.15) is 45.4 Å². The Hall–Kier alpha value is -1.30. The van der Waals surface area contributed by atoms with E-state index in [0.29, 0.717) is 31.9 Å². The van der Waals surface area contributed by atoms with E-state index in [0.717, 1.165) is 25.7 Å². The van der Waals surface area contributed by atoms with E-state index in [1.165, 1.54) is 4.90 Å². The number of carboxylic acids is 1. The van der Waals surface area contributed by atoms with Gasteiger partial charge >= 0.3 is 12.0 Å². The zero-order chi connectivity index (χ0) is 15.9. The molecule has 0 aromatic carbocycles. The summed E-state index contributed by atoms with van der Waals surface area (Å²) in [5.41, 5.74) is -1.10. The lowest BCUT2D eigenvalue weighted by molar-refractivity contribution is -0.146. The molecule has 0 spiro atoms. The summed E-state index contributed by atoms with van der Waals surface area (Å²) in [7, 11) is 3.30. The van der Waals surface area contributed by atoms with Gasteiger partial charge in [-0.25, -0.2) is 9.59 Å². The fraction of sp³-hybridized carbons (Fsp3) is 0.867. The molecule has 0 aromatic rings. The topological polar surface area (TPSA) is 78.9 Å². The highest BCUT2D eigenvalue weighted by Crippen LogP contribution is 2.34. The Bertz CT molecular complexity index is 352. The van der Waals surface area contributed by atoms with Gasteiger partial charge < -0.3 is 20.1 Å². The van der Waals surface area contributed by atoms with Gasteiger partial charge in [-0.2, -0.15) is 0 Å². The first-order valence-corrected chi connectivity index (χ1v) is 7.70. The summed E-state index contributed by atoms with van der Waals surface area (Å²) >= 11 is 0. The molecule has 0 heterocycles. The number of nitrogens with one attached hydrogen (secondary N) is 1. The van der Waals surface area contributed by atoms with Crippen molar-refractivity contribution in [2.45, 2.75) is 51.0 Å². The Morgan fingerprint density at radius 1 is 1.38 bits per heavy atom. The minimum atomic E-state index is -1.10. The van der Waals surface area contributed by atoms with Crippen LogP contribution in [-0.4, -0.2) is 54.9 Å². The van der Waals surface area contributed by atoms with Crippen LogP contribution < -0.4 is 5.32 Å². The Morgan fingerprint density at radius 3 is 2.48 bits per heavy atom. The Morgan fingerprint density at radius 2 is 2.00 bits per heavy atom. The van der Waals surface area contributed by atoms with Crippen LogP contribution >= 0.6 is 0 Å². The number of urea groups is 1. The summed E-state index contributed by atoms with van der Waals surface area (Å²) in [6.45, 7) is 3.26. The lowest BCUT2D eigenvalue weighted by atomic mass is 9.75. The van der Waals surface area contributed by atoms with Gasteiger partial charge in [-0.3, -0.25) is 0 Å². The minimum Gasteiger partial charge on any atom is -0.480 e. The van der Waals surface area contributed by atoms with E-state index in [9.17, 15) is 14.7 Å². The molecule has 2 amide bonds. The molecule has 1 aliphatic rings. The number of carboxylic acid groups (broad SMARTS) is 1. The number of nitrogens with zero attached hydrogens (tertiary/aromatic N) is 1. The Balaban J connectivity index is 2.58. The van der Waals surface area contributed by atoms with Crippen LogP contribution in [0.15, 0.2) is 0 Å². The third-order valence-electron chi connectivity index (χ3n) is 4.48. The van der Waals surface area contributed by atoms with Crippen LogP contribution in [0.5, 0.6) is 0 Å². The predicted molar refractivity (Wildman–Crippen MR) is 80.3 cm³/mol. The van der Waals surface area contributed by atoms with E-state index in [1.807, 2.05) is 0 Å². The first-order chi connectivity index (χ1) is 9.95. The van der Waals surface area contributed by atoms with Crippen LogP contribution in [0.2, 0.25) is 0 Å². The summed E-state index contributed by atoms with van der Waals surface area (Å²) < 4.78 is 4.95. The van der Waals surface area contributed by atoms with Gasteiger partial charge in [0.1, 0.15) is 5.54 Å². The predicted octanol–water partition coefficient (Wildman–Crippen LogP) is 2.09. The molecule has 1 saturated carbocycles. The number of amides is 2. The molecule has 0 saturated heterocycles. The minimum absolute atomic E-state index is 0.316. The van der Waals surface area contributed by atoms with Gasteiger partial charge in [-0.1, -0.05) is 13.3 Å². The van der Waals surface area contributed by atoms with E-state index >= 15 is 0 Å². The molecule has 21 heavy (non-hydrogen) atoms. The molecule has 0 radical (unpaired) electrons. The molecule has 0 bridgehead atoms. The Labute approximate surface area is 126 Å². The molecular formula is C15H28N2O4. The molecule has 1 aliphatic carbocycles. The SMILES string of the molecule is CCC1CCC(NC(=O)N(C)CCCOC)(C(=O)O)CC1. The number of hydrogen-bond donors (Lipinski definition) is 2. The van der Waals surface area contributed by atoms with E-state index < -0.39 is 11.5 Å². The summed E-state index contributed by atoms with van der Waals surface area (Å²) in [6, 6.07) is -0.316. The highest BCUT2D eigenvalue weighted by molar-refractivity contribution is 5.86. The first kappa shape index (κ1) is 17.8. The highest BCUT2D eigenvalue weighted by Gasteiger charge is 2.43. The summed E-state index contributed by atoms with van der Waals surface area (Å²) in [6.07, 6.45) is 4.54. The zero-order valence-corrected chi connectivity index (χ0v) is 13.4. The number of carbonyl (C=O) groups is 2. The van der Waals surface area contributed by atoms with Crippen LogP contribution in [0.4, 0.5) is 4.79 Å². The van der Waals surface area contributed by atoms with Gasteiger partial charge in [0.15, 0.2) is 0 Å². The molecular weight excluding hydrogens is 272 g/mol. The maximum atomic E-state index is 12.2. The van der Waals surface area contributed by atoms with Crippen molar-refractivity contribution in [2.75, 3.05) is 27.3 Å². The van der Waals surface area contributed by atoms with Crippen molar-refractivity contribution in [3.63, 3.8) is 0 Å². The number of ether oxygens (including phenoxy) is 1. The molecule has 0 aromatic heterocycles. The van der Waals surface area contributed by atoms with Crippen molar-refractivity contribution >= 4 is 12.0 Å². The zero-order valence-electron chi connectivity index (χ0n) is 13.4. The van der Waals surface area contributed by atoms with Gasteiger partial charge in [0.05, 0.1) is 0 Å². The van der Waals surface area contributed by atoms with Gasteiger partial charge in [0, 0.05) is 27.3 Å². The fourth-order valence-corrected chi connectivity index (χ4v) is 2.82. The molecule has 0 atom stereocenters. The maximum Gasteiger partial charge on any atom is 0.329 e. The molecule has 6 nitrogen and oxygen atoms in total. The highest BCUT2D eigenvalue weighted by atomic mass is 16.5. The third kappa shape index (κ3) is 4.88. The van der Waals surface area contributed by atoms with Crippen LogP contribution in [0.3, 0.4) is 0 Å². The number of carbonyl (C=O) groups excluding carboxylic acids is 1. The molecule has 0 unspecified atom stereocenters. The monoisotopic (exact) mass is 300 g/mol. The van der Waals surface area contributed by atoms with E-state index in [2.05, 4.69) is 12.2 Å². The van der Waals surface area contributed by atoms with Crippen LogP contribution in [0, 0.1) is 5.92 Å². The second-order valence-electron chi connectivity index (χ2n) is 5.94. The standard InChI is InChI=1S/C15H28N2O4/c1-4-12-6-8-15(9-7-12,13(18)19)16-14(20)17(2)10-5-11-21-3/h12H,4-11H2,1-3H3,(H,16,20)(H,18,19). The van der Waals surface area contributed by atoms with E-state index in [1.54, 1.807) is 14.2 Å². The van der Waals surface area contributed by atoms with E-state index in [4.69, 9.17) is 4.74 Å². The van der Waals surface area contributed by atoms with Gasteiger partial charge in [-0.05, 0) is 38.0 Å². The van der Waals surface area contributed by atoms with Crippen LogP contribution in [-0.2, 0) is 9.53 Å². The smallest absolute Gasteiger partial charge is 0.329 e. The van der Waals surface area contributed by atoms with Crippen molar-refractivity contribution in [3.8, 4) is 0 Å². The average molecular weight is 300 g/mol. The average Bonchev–Trinajstić information content (AvgIpc) is 2.47. The van der Waals surface area contributed by atoms with Crippen molar-refractivity contribution in [1.82, 2.24) is 10.2 Å². The summed E-state index contributed by atoms with van der Waals surface area (Å²) in [4.78, 5) is 25.3. The van der Waals surface area contributed by atoms with Crippen LogP contribution in [0.25, 0.3) is 0 Å². The van der Waals surface area contributed by atoms with Crippen molar-refractivity contribution in [2.24, 2.45) is 5.92 Å².